The molecule has 9 nitrogen and oxygen atoms in total. The van der Waals surface area contributed by atoms with Crippen LogP contribution in [0.5, 0.6) is 0 Å². The van der Waals surface area contributed by atoms with Crippen molar-refractivity contribution in [2.75, 3.05) is 0 Å². The van der Waals surface area contributed by atoms with E-state index in [0.29, 0.717) is 44.3 Å². The van der Waals surface area contributed by atoms with Gasteiger partial charge in [0.1, 0.15) is 0 Å². The normalized spacial score (nSPS) is 34.6. The Morgan fingerprint density at radius 1 is 0.287 bits per heavy atom. The molecule has 10 fully saturated rings. The fourth-order valence-electron chi connectivity index (χ4n) is 16.5. The molecule has 0 bridgehead atoms. The topological polar surface area (TPSA) is 108 Å². The molecule has 476 valence electrons. The number of hydrogen-bond acceptors (Lipinski definition) is 9. The number of piperidine rings is 2. The van der Waals surface area contributed by atoms with Gasteiger partial charge >= 0.3 is 0 Å². The van der Waals surface area contributed by atoms with Crippen LogP contribution in [0.15, 0.2) is 0 Å². The standard InChI is InChI=1S/C16H32N2.C12H25N.C10H19N.C8H17N.C7H15N.3C6H13N/c1-14(2)9-7-8-13(17-14)12-10-15(3,4)18-16(5,6)11-12;1-5-11(6-2)9-10-12(7-3,8-4)13-11;1-9(2)7-8-10(11-9)5-3-4-6-10;1-7(2)5-6-8(3,4)9-7;1-6-4-5-7(2,3)8-6;3*1-5-3-4-6(2)7-5/h12-13,17-18H,7-11H2,1-6H3;13H,5-10H2,1-4H3;11H,3-8H2,1-2H3;9H,5-6H2,1-4H3;6,8H,4-5H2,1-3H3;3*5-7H,3-4H2,1-2H3. The fourth-order valence-corrected chi connectivity index (χ4v) is 16.5. The first-order valence-corrected chi connectivity index (χ1v) is 34.8. The highest BCUT2D eigenvalue weighted by atomic mass is 15.1. The minimum absolute atomic E-state index is 0.273. The Morgan fingerprint density at radius 2 is 0.637 bits per heavy atom. The summed E-state index contributed by atoms with van der Waals surface area (Å²) in [4.78, 5) is 0. The van der Waals surface area contributed by atoms with Crippen molar-refractivity contribution in [3.8, 4) is 0 Å². The molecule has 0 aromatic carbocycles. The van der Waals surface area contributed by atoms with E-state index in [2.05, 4.69) is 221 Å². The summed E-state index contributed by atoms with van der Waals surface area (Å²) in [5.41, 5.74) is 3.98. The van der Waals surface area contributed by atoms with E-state index in [4.69, 9.17) is 0 Å². The number of nitrogens with one attached hydrogen (secondary N) is 9. The van der Waals surface area contributed by atoms with Crippen molar-refractivity contribution in [3.63, 3.8) is 0 Å². The molecule has 9 N–H and O–H groups in total. The van der Waals surface area contributed by atoms with Gasteiger partial charge in [-0.25, -0.2) is 0 Å². The maximum Gasteiger partial charge on any atom is 0.0187 e. The summed E-state index contributed by atoms with van der Waals surface area (Å²) in [6.45, 7) is 57.3. The van der Waals surface area contributed by atoms with Gasteiger partial charge in [0, 0.05) is 104 Å². The molecule has 0 amide bonds. The van der Waals surface area contributed by atoms with Gasteiger partial charge in [-0.15, -0.1) is 0 Å². The first kappa shape index (κ1) is 73.9. The first-order chi connectivity index (χ1) is 36.7. The predicted octanol–water partition coefficient (Wildman–Crippen LogP) is 16.3. The Bertz CT molecular complexity index is 1590. The summed E-state index contributed by atoms with van der Waals surface area (Å²) in [6.07, 6.45) is 36.5. The van der Waals surface area contributed by atoms with Crippen LogP contribution in [0.1, 0.15) is 346 Å². The third-order valence-electron chi connectivity index (χ3n) is 21.1. The van der Waals surface area contributed by atoms with Crippen LogP contribution in [0, 0.1) is 5.92 Å². The monoisotopic (exact) mass is 1130 g/mol. The first-order valence-electron chi connectivity index (χ1n) is 34.8. The molecular weight excluding hydrogens is 979 g/mol. The Labute approximate surface area is 501 Å². The van der Waals surface area contributed by atoms with Gasteiger partial charge in [-0.3, -0.25) is 0 Å². The smallest absolute Gasteiger partial charge is 0.0187 e. The lowest BCUT2D eigenvalue weighted by molar-refractivity contribution is 0.0783. The summed E-state index contributed by atoms with van der Waals surface area (Å²) >= 11 is 0. The second kappa shape index (κ2) is 31.5. The Hall–Kier alpha value is -0.360. The second-order valence-electron chi connectivity index (χ2n) is 33.7. The maximum atomic E-state index is 3.92. The highest BCUT2D eigenvalue weighted by molar-refractivity contribution is 5.06. The summed E-state index contributed by atoms with van der Waals surface area (Å²) in [5, 5.41) is 32.7. The predicted molar refractivity (Wildman–Crippen MR) is 356 cm³/mol. The molecule has 80 heavy (non-hydrogen) atoms. The van der Waals surface area contributed by atoms with E-state index < -0.39 is 0 Å². The molecule has 1 saturated carbocycles. The average Bonchev–Trinajstić information content (AvgIpc) is 4.25. The number of hydrogen-bond donors (Lipinski definition) is 9. The van der Waals surface area contributed by atoms with Crippen molar-refractivity contribution in [2.45, 2.75) is 450 Å². The molecule has 0 aromatic rings. The summed E-state index contributed by atoms with van der Waals surface area (Å²) in [7, 11) is 0. The van der Waals surface area contributed by atoms with Crippen molar-refractivity contribution in [1.82, 2.24) is 47.9 Å². The molecule has 9 heteroatoms. The molecule has 9 saturated heterocycles. The quantitative estimate of drug-likeness (QED) is 0.133. The zero-order valence-electron chi connectivity index (χ0n) is 58.8. The molecule has 1 aliphatic carbocycles. The molecule has 8 atom stereocenters. The fraction of sp³-hybridized carbons (Fsp3) is 1.00. The highest BCUT2D eigenvalue weighted by Gasteiger charge is 2.45. The van der Waals surface area contributed by atoms with E-state index in [1.807, 2.05) is 0 Å². The van der Waals surface area contributed by atoms with Gasteiger partial charge in [0.15, 0.2) is 0 Å². The van der Waals surface area contributed by atoms with Gasteiger partial charge in [0.2, 0.25) is 0 Å². The van der Waals surface area contributed by atoms with Crippen molar-refractivity contribution in [3.05, 3.63) is 0 Å². The lowest BCUT2D eigenvalue weighted by Crippen LogP contribution is -2.62. The zero-order valence-corrected chi connectivity index (χ0v) is 58.8. The van der Waals surface area contributed by atoms with E-state index in [-0.39, 0.29) is 11.1 Å². The molecule has 9 aliphatic heterocycles. The summed E-state index contributed by atoms with van der Waals surface area (Å²) < 4.78 is 0. The van der Waals surface area contributed by atoms with E-state index >= 15 is 0 Å². The van der Waals surface area contributed by atoms with E-state index in [1.54, 1.807) is 0 Å². The van der Waals surface area contributed by atoms with Crippen LogP contribution in [0.2, 0.25) is 0 Å². The molecule has 8 unspecified atom stereocenters. The molecular formula is C71H147N9. The van der Waals surface area contributed by atoms with Crippen molar-refractivity contribution >= 4 is 0 Å². The van der Waals surface area contributed by atoms with Gasteiger partial charge in [0.05, 0.1) is 0 Å². The Morgan fingerprint density at radius 3 is 0.875 bits per heavy atom. The van der Waals surface area contributed by atoms with Crippen molar-refractivity contribution in [1.29, 1.82) is 0 Å². The average molecular weight is 1130 g/mol. The van der Waals surface area contributed by atoms with Gasteiger partial charge in [-0.05, 0) is 305 Å². The van der Waals surface area contributed by atoms with Crippen molar-refractivity contribution in [2.24, 2.45) is 5.92 Å². The van der Waals surface area contributed by atoms with Crippen LogP contribution in [-0.4, -0.2) is 104 Å². The van der Waals surface area contributed by atoms with Crippen LogP contribution < -0.4 is 47.9 Å². The second-order valence-corrected chi connectivity index (χ2v) is 33.7. The third kappa shape index (κ3) is 27.1. The largest absolute Gasteiger partial charge is 0.312 e. The van der Waals surface area contributed by atoms with Crippen LogP contribution in [0.3, 0.4) is 0 Å². The zero-order chi connectivity index (χ0) is 60.7. The molecule has 0 radical (unpaired) electrons. The van der Waals surface area contributed by atoms with Crippen LogP contribution in [0.4, 0.5) is 0 Å². The van der Waals surface area contributed by atoms with Crippen LogP contribution in [0.25, 0.3) is 0 Å². The summed E-state index contributed by atoms with van der Waals surface area (Å²) in [5.74, 6) is 0.816. The molecule has 10 aliphatic rings. The maximum absolute atomic E-state index is 3.92. The Kier molecular flexibility index (Phi) is 29.1. The van der Waals surface area contributed by atoms with Crippen LogP contribution >= 0.6 is 0 Å². The minimum atomic E-state index is 0.273. The molecule has 0 aromatic heterocycles. The van der Waals surface area contributed by atoms with Gasteiger partial charge < -0.3 is 47.9 Å². The Balaban J connectivity index is 0.000000246. The van der Waals surface area contributed by atoms with Gasteiger partial charge in [-0.1, -0.05) is 47.0 Å². The van der Waals surface area contributed by atoms with E-state index in [1.165, 1.54) is 173 Å². The van der Waals surface area contributed by atoms with Gasteiger partial charge in [-0.2, -0.15) is 0 Å². The van der Waals surface area contributed by atoms with Gasteiger partial charge in [0.25, 0.3) is 0 Å². The number of rotatable bonds is 5. The van der Waals surface area contributed by atoms with Crippen molar-refractivity contribution < 1.29 is 0 Å². The van der Waals surface area contributed by atoms with E-state index in [9.17, 15) is 0 Å². The highest BCUT2D eigenvalue weighted by Crippen LogP contribution is 2.43. The molecule has 1 spiro atoms. The lowest BCUT2D eigenvalue weighted by atomic mass is 9.70. The van der Waals surface area contributed by atoms with E-state index in [0.717, 1.165) is 54.3 Å². The third-order valence-corrected chi connectivity index (χ3v) is 21.1. The molecule has 9 heterocycles. The van der Waals surface area contributed by atoms with Crippen LogP contribution in [-0.2, 0) is 0 Å². The lowest BCUT2D eigenvalue weighted by Gasteiger charge is -2.51. The molecule has 10 rings (SSSR count). The summed E-state index contributed by atoms with van der Waals surface area (Å²) in [6, 6.07) is 6.10. The minimum Gasteiger partial charge on any atom is -0.312 e. The SMILES string of the molecule is CC1(C)CCC(C)(C)N1.CC1(C)CCC2(CCCC2)N1.CC1(C)CCCC(C2CC(C)(C)NC(C)(C)C2)N1.CC1CCC(C)(C)N1.CC1CCC(C)N1.CC1CCC(C)N1.CC1CCC(C)N1.CCC1(CC)CCC(CC)(CC)N1.